The number of aromatic nitrogens is 1. The number of carboxylic acid groups (broad SMARTS) is 1. The Morgan fingerprint density at radius 2 is 2.39 bits per heavy atom. The summed E-state index contributed by atoms with van der Waals surface area (Å²) in [7, 11) is 1.51. The highest BCUT2D eigenvalue weighted by Gasteiger charge is 2.13. The highest BCUT2D eigenvalue weighted by molar-refractivity contribution is 6.35. The van der Waals surface area contributed by atoms with Crippen molar-refractivity contribution >= 4 is 23.4 Å². The van der Waals surface area contributed by atoms with Crippen molar-refractivity contribution in [1.82, 2.24) is 4.98 Å². The summed E-state index contributed by atoms with van der Waals surface area (Å²) in [5, 5.41) is 21.2. The van der Waals surface area contributed by atoms with E-state index < -0.39 is 12.1 Å². The van der Waals surface area contributed by atoms with Crippen LogP contribution >= 0.6 is 11.6 Å². The monoisotopic (exact) mass is 274 g/mol. The van der Waals surface area contributed by atoms with Gasteiger partial charge in [0.2, 0.25) is 0 Å². The van der Waals surface area contributed by atoms with Gasteiger partial charge in [0.1, 0.15) is 5.82 Å². The Bertz CT molecular complexity index is 414. The number of rotatable bonds is 7. The third-order valence-electron chi connectivity index (χ3n) is 2.25. The van der Waals surface area contributed by atoms with Crippen molar-refractivity contribution < 1.29 is 19.7 Å². The molecule has 0 aliphatic rings. The minimum atomic E-state index is -1.11. The molecule has 1 unspecified atom stereocenters. The van der Waals surface area contributed by atoms with Crippen LogP contribution in [0, 0.1) is 0 Å². The quantitative estimate of drug-likeness (QED) is 0.693. The topological polar surface area (TPSA) is 91.7 Å². The molecular formula is C11H15ClN2O4. The molecule has 3 N–H and O–H groups in total. The van der Waals surface area contributed by atoms with Crippen LogP contribution in [0.5, 0.6) is 0 Å². The fourth-order valence-electron chi connectivity index (χ4n) is 1.37. The Morgan fingerprint density at radius 3 is 3.00 bits per heavy atom. The molecule has 1 aromatic rings. The number of aliphatic hydroxyl groups excluding tert-OH is 1. The normalized spacial score (nSPS) is 12.2. The summed E-state index contributed by atoms with van der Waals surface area (Å²) in [5.41, 5.74) is -0.00777. The lowest BCUT2D eigenvalue weighted by molar-refractivity contribution is 0.0615. The maximum Gasteiger partial charge on any atom is 0.337 e. The number of carbonyl (C=O) groups is 1. The second kappa shape index (κ2) is 7.15. The van der Waals surface area contributed by atoms with Crippen LogP contribution in [0.2, 0.25) is 5.02 Å². The first-order valence-corrected chi connectivity index (χ1v) is 5.72. The second-order valence-corrected chi connectivity index (χ2v) is 4.03. The number of nitrogens with zero attached hydrogens (tertiary/aromatic N) is 1. The van der Waals surface area contributed by atoms with Crippen molar-refractivity contribution in [3.63, 3.8) is 0 Å². The fraction of sp³-hybridized carbons (Fsp3) is 0.455. The molecule has 1 atom stereocenters. The SMILES string of the molecule is COCC(O)CCNc1nccc(C(=O)O)c1Cl. The molecule has 7 heteroatoms. The molecule has 0 spiro atoms. The van der Waals surface area contributed by atoms with Crippen molar-refractivity contribution in [3.8, 4) is 0 Å². The molecule has 0 aliphatic heterocycles. The van der Waals surface area contributed by atoms with E-state index >= 15 is 0 Å². The molecule has 0 fully saturated rings. The van der Waals surface area contributed by atoms with E-state index in [1.54, 1.807) is 0 Å². The van der Waals surface area contributed by atoms with Crippen LogP contribution in [0.25, 0.3) is 0 Å². The first-order valence-electron chi connectivity index (χ1n) is 5.35. The summed E-state index contributed by atoms with van der Waals surface area (Å²) in [6.07, 6.45) is 1.23. The number of halogens is 1. The number of anilines is 1. The number of ether oxygens (including phenoxy) is 1. The molecule has 0 aromatic carbocycles. The van der Waals surface area contributed by atoms with Crippen molar-refractivity contribution in [1.29, 1.82) is 0 Å². The summed E-state index contributed by atoms with van der Waals surface area (Å²) in [6.45, 7) is 0.665. The molecular weight excluding hydrogens is 260 g/mol. The van der Waals surface area contributed by atoms with Gasteiger partial charge in [-0.1, -0.05) is 11.6 Å². The van der Waals surface area contributed by atoms with E-state index in [9.17, 15) is 9.90 Å². The maximum absolute atomic E-state index is 10.8. The van der Waals surface area contributed by atoms with Crippen LogP contribution in [-0.2, 0) is 4.74 Å². The van der Waals surface area contributed by atoms with Crippen LogP contribution in [0.15, 0.2) is 12.3 Å². The predicted molar refractivity (Wildman–Crippen MR) is 67.2 cm³/mol. The molecule has 1 aromatic heterocycles. The number of hydrogen-bond acceptors (Lipinski definition) is 5. The van der Waals surface area contributed by atoms with Crippen molar-refractivity contribution in [2.45, 2.75) is 12.5 Å². The zero-order valence-electron chi connectivity index (χ0n) is 9.89. The smallest absolute Gasteiger partial charge is 0.337 e. The van der Waals surface area contributed by atoms with Gasteiger partial charge in [-0.25, -0.2) is 9.78 Å². The Kier molecular flexibility index (Phi) is 5.84. The molecule has 1 rings (SSSR count). The lowest BCUT2D eigenvalue weighted by Crippen LogP contribution is -2.19. The molecule has 0 saturated carbocycles. The van der Waals surface area contributed by atoms with Gasteiger partial charge >= 0.3 is 5.97 Å². The number of pyridine rings is 1. The lowest BCUT2D eigenvalue weighted by atomic mass is 10.2. The van der Waals surface area contributed by atoms with Crippen LogP contribution in [0.1, 0.15) is 16.8 Å². The zero-order valence-corrected chi connectivity index (χ0v) is 10.6. The minimum absolute atomic E-state index is 0.00777. The van der Waals surface area contributed by atoms with Gasteiger partial charge in [-0.05, 0) is 12.5 Å². The van der Waals surface area contributed by atoms with Crippen LogP contribution < -0.4 is 5.32 Å². The van der Waals surface area contributed by atoms with E-state index in [0.717, 1.165) is 0 Å². The largest absolute Gasteiger partial charge is 0.478 e. The number of methoxy groups -OCH3 is 1. The van der Waals surface area contributed by atoms with Gasteiger partial charge in [0, 0.05) is 19.9 Å². The van der Waals surface area contributed by atoms with E-state index in [1.807, 2.05) is 0 Å². The Labute approximate surface area is 110 Å². The highest BCUT2D eigenvalue weighted by atomic mass is 35.5. The van der Waals surface area contributed by atoms with Gasteiger partial charge < -0.3 is 20.3 Å². The Balaban J connectivity index is 2.57. The maximum atomic E-state index is 10.8. The van der Waals surface area contributed by atoms with E-state index in [-0.39, 0.29) is 17.2 Å². The fourth-order valence-corrected chi connectivity index (χ4v) is 1.62. The molecule has 0 bridgehead atoms. The van der Waals surface area contributed by atoms with Gasteiger partial charge in [-0.3, -0.25) is 0 Å². The molecule has 0 radical (unpaired) electrons. The predicted octanol–water partition coefficient (Wildman–Crippen LogP) is 1.24. The molecule has 0 aliphatic carbocycles. The van der Waals surface area contributed by atoms with E-state index in [1.165, 1.54) is 19.4 Å². The molecule has 0 saturated heterocycles. The third-order valence-corrected chi connectivity index (χ3v) is 2.63. The molecule has 100 valence electrons. The second-order valence-electron chi connectivity index (χ2n) is 3.65. The van der Waals surface area contributed by atoms with E-state index in [4.69, 9.17) is 21.4 Å². The highest BCUT2D eigenvalue weighted by Crippen LogP contribution is 2.23. The number of carboxylic acids is 1. The summed E-state index contributed by atoms with van der Waals surface area (Å²) in [5.74, 6) is -0.814. The lowest BCUT2D eigenvalue weighted by Gasteiger charge is -2.11. The molecule has 0 amide bonds. The Hall–Kier alpha value is -1.37. The average Bonchev–Trinajstić information content (AvgIpc) is 2.31. The van der Waals surface area contributed by atoms with Gasteiger partial charge in [0.05, 0.1) is 23.3 Å². The van der Waals surface area contributed by atoms with Gasteiger partial charge in [-0.2, -0.15) is 0 Å². The van der Waals surface area contributed by atoms with E-state index in [0.29, 0.717) is 18.8 Å². The first kappa shape index (κ1) is 14.7. The van der Waals surface area contributed by atoms with E-state index in [2.05, 4.69) is 10.3 Å². The zero-order chi connectivity index (χ0) is 13.5. The van der Waals surface area contributed by atoms with Gasteiger partial charge in [0.25, 0.3) is 0 Å². The van der Waals surface area contributed by atoms with Crippen LogP contribution in [0.4, 0.5) is 5.82 Å². The van der Waals surface area contributed by atoms with Crippen LogP contribution in [0.3, 0.4) is 0 Å². The van der Waals surface area contributed by atoms with Crippen molar-refractivity contribution in [2.75, 3.05) is 25.6 Å². The average molecular weight is 275 g/mol. The van der Waals surface area contributed by atoms with Crippen molar-refractivity contribution in [3.05, 3.63) is 22.8 Å². The van der Waals surface area contributed by atoms with Crippen LogP contribution in [-0.4, -0.2) is 47.5 Å². The molecule has 6 nitrogen and oxygen atoms in total. The number of aliphatic hydroxyl groups is 1. The number of aromatic carboxylic acids is 1. The number of nitrogens with one attached hydrogen (secondary N) is 1. The van der Waals surface area contributed by atoms with Gasteiger partial charge in [-0.15, -0.1) is 0 Å². The summed E-state index contributed by atoms with van der Waals surface area (Å²) in [4.78, 5) is 14.8. The summed E-state index contributed by atoms with van der Waals surface area (Å²) >= 11 is 5.89. The third kappa shape index (κ3) is 4.14. The Morgan fingerprint density at radius 1 is 1.67 bits per heavy atom. The molecule has 1 heterocycles. The molecule has 18 heavy (non-hydrogen) atoms. The number of hydrogen-bond donors (Lipinski definition) is 3. The standard InChI is InChI=1S/C11H15ClN2O4/c1-18-6-7(15)2-4-13-10-9(12)8(11(16)17)3-5-14-10/h3,5,7,15H,2,4,6H2,1H3,(H,13,14)(H,16,17). The van der Waals surface area contributed by atoms with Crippen molar-refractivity contribution in [2.24, 2.45) is 0 Å². The van der Waals surface area contributed by atoms with Gasteiger partial charge in [0.15, 0.2) is 0 Å². The first-order chi connectivity index (χ1) is 8.56. The minimum Gasteiger partial charge on any atom is -0.478 e. The summed E-state index contributed by atoms with van der Waals surface area (Å²) in [6, 6.07) is 1.33. The summed E-state index contributed by atoms with van der Waals surface area (Å²) < 4.78 is 4.78.